The molecule has 1 aliphatic carbocycles. The van der Waals surface area contributed by atoms with Crippen molar-refractivity contribution in [3.05, 3.63) is 87.9 Å². The molecule has 0 amide bonds. The lowest BCUT2D eigenvalue weighted by atomic mass is 9.98. The standard InChI is InChI=1S/C28H27F3N2O5/c1-3-37-26(34)21-5-4-6-23(21)32-16-24-22(25(38-33-24)27(35)36-2)15-17-7-9-18(10-8-17)19-11-13-20(14-12-19)28(29,30)31/h7-14,32H,3-6,15-16H2,1-2H3. The van der Waals surface area contributed by atoms with Crippen LogP contribution in [0.25, 0.3) is 11.1 Å². The van der Waals surface area contributed by atoms with Gasteiger partial charge in [0, 0.05) is 17.7 Å². The number of nitrogens with one attached hydrogen (secondary N) is 1. The molecule has 0 spiro atoms. The molecule has 38 heavy (non-hydrogen) atoms. The number of alkyl halides is 3. The number of rotatable bonds is 9. The van der Waals surface area contributed by atoms with Gasteiger partial charge in [-0.05, 0) is 55.0 Å². The zero-order valence-corrected chi connectivity index (χ0v) is 21.0. The molecular weight excluding hydrogens is 501 g/mol. The van der Waals surface area contributed by atoms with Crippen LogP contribution < -0.4 is 5.32 Å². The predicted molar refractivity (Wildman–Crippen MR) is 132 cm³/mol. The first-order chi connectivity index (χ1) is 18.2. The van der Waals surface area contributed by atoms with E-state index < -0.39 is 17.7 Å². The van der Waals surface area contributed by atoms with Gasteiger partial charge in [-0.25, -0.2) is 9.59 Å². The molecule has 0 fully saturated rings. The van der Waals surface area contributed by atoms with Crippen molar-refractivity contribution in [3.63, 3.8) is 0 Å². The number of halogens is 3. The Balaban J connectivity index is 1.53. The molecular formula is C28H27F3N2O5. The van der Waals surface area contributed by atoms with Gasteiger partial charge in [-0.1, -0.05) is 41.6 Å². The lowest BCUT2D eigenvalue weighted by molar-refractivity contribution is -0.139. The number of hydrogen-bond acceptors (Lipinski definition) is 7. The first kappa shape index (κ1) is 27.0. The van der Waals surface area contributed by atoms with Crippen LogP contribution in [0.1, 0.15) is 59.1 Å². The Labute approximate surface area is 217 Å². The third-order valence-corrected chi connectivity index (χ3v) is 6.33. The summed E-state index contributed by atoms with van der Waals surface area (Å²) in [5, 5.41) is 7.33. The smallest absolute Gasteiger partial charge is 0.416 e. The molecule has 3 aromatic rings. The molecule has 4 rings (SSSR count). The molecule has 0 radical (unpaired) electrons. The van der Waals surface area contributed by atoms with Crippen LogP contribution in [0.5, 0.6) is 0 Å². The number of allylic oxidation sites excluding steroid dienone is 1. The summed E-state index contributed by atoms with van der Waals surface area (Å²) in [4.78, 5) is 24.6. The third kappa shape index (κ3) is 6.07. The number of carbonyl (C=O) groups excluding carboxylic acids is 2. The second-order valence-electron chi connectivity index (χ2n) is 8.76. The number of esters is 2. The van der Waals surface area contributed by atoms with E-state index in [1.54, 1.807) is 19.1 Å². The zero-order chi connectivity index (χ0) is 27.3. The van der Waals surface area contributed by atoms with Crippen LogP contribution in [0, 0.1) is 0 Å². The fourth-order valence-corrected chi connectivity index (χ4v) is 4.36. The first-order valence-electron chi connectivity index (χ1n) is 12.2. The fourth-order valence-electron chi connectivity index (χ4n) is 4.36. The quantitative estimate of drug-likeness (QED) is 0.350. The highest BCUT2D eigenvalue weighted by atomic mass is 19.4. The maximum atomic E-state index is 12.9. The third-order valence-electron chi connectivity index (χ3n) is 6.33. The molecule has 1 aromatic heterocycles. The highest BCUT2D eigenvalue weighted by Gasteiger charge is 2.30. The van der Waals surface area contributed by atoms with Gasteiger partial charge in [-0.15, -0.1) is 0 Å². The maximum absolute atomic E-state index is 12.9. The molecule has 0 unspecified atom stereocenters. The van der Waals surface area contributed by atoms with Crippen LogP contribution in [-0.4, -0.2) is 30.8 Å². The summed E-state index contributed by atoms with van der Waals surface area (Å²) in [6, 6.07) is 12.2. The lowest BCUT2D eigenvalue weighted by Crippen LogP contribution is -2.18. The van der Waals surface area contributed by atoms with Gasteiger partial charge in [0.15, 0.2) is 0 Å². The van der Waals surface area contributed by atoms with Crippen molar-refractivity contribution in [2.75, 3.05) is 13.7 Å². The van der Waals surface area contributed by atoms with Crippen molar-refractivity contribution < 1.29 is 36.8 Å². The van der Waals surface area contributed by atoms with E-state index in [9.17, 15) is 22.8 Å². The maximum Gasteiger partial charge on any atom is 0.416 e. The zero-order valence-electron chi connectivity index (χ0n) is 21.0. The van der Waals surface area contributed by atoms with E-state index in [4.69, 9.17) is 14.0 Å². The topological polar surface area (TPSA) is 90.7 Å². The monoisotopic (exact) mass is 528 g/mol. The van der Waals surface area contributed by atoms with Gasteiger partial charge in [-0.2, -0.15) is 13.2 Å². The summed E-state index contributed by atoms with van der Waals surface area (Å²) in [7, 11) is 1.25. The minimum absolute atomic E-state index is 0.0119. The number of nitrogens with zero attached hydrogens (tertiary/aromatic N) is 1. The highest BCUT2D eigenvalue weighted by molar-refractivity contribution is 5.90. The predicted octanol–water partition coefficient (Wildman–Crippen LogP) is 5.83. The van der Waals surface area contributed by atoms with Gasteiger partial charge < -0.3 is 19.3 Å². The molecule has 7 nitrogen and oxygen atoms in total. The summed E-state index contributed by atoms with van der Waals surface area (Å²) in [5.74, 6) is -1.01. The summed E-state index contributed by atoms with van der Waals surface area (Å²) < 4.78 is 53.9. The minimum Gasteiger partial charge on any atom is -0.463 e. The van der Waals surface area contributed by atoms with E-state index >= 15 is 0 Å². The van der Waals surface area contributed by atoms with Gasteiger partial charge in [-0.3, -0.25) is 0 Å². The van der Waals surface area contributed by atoms with Gasteiger partial charge in [0.25, 0.3) is 0 Å². The number of methoxy groups -OCH3 is 1. The van der Waals surface area contributed by atoms with E-state index in [-0.39, 0.29) is 18.3 Å². The molecule has 0 atom stereocenters. The number of benzene rings is 2. The van der Waals surface area contributed by atoms with Gasteiger partial charge >= 0.3 is 18.1 Å². The Morgan fingerprint density at radius 2 is 1.66 bits per heavy atom. The average molecular weight is 529 g/mol. The van der Waals surface area contributed by atoms with Crippen LogP contribution in [0.4, 0.5) is 13.2 Å². The van der Waals surface area contributed by atoms with Crippen molar-refractivity contribution in [2.24, 2.45) is 0 Å². The van der Waals surface area contributed by atoms with E-state index in [0.717, 1.165) is 35.4 Å². The fraction of sp³-hybridized carbons (Fsp3) is 0.321. The molecule has 10 heteroatoms. The van der Waals surface area contributed by atoms with Crippen molar-refractivity contribution >= 4 is 11.9 Å². The normalized spacial score (nSPS) is 13.5. The second kappa shape index (κ2) is 11.5. The van der Waals surface area contributed by atoms with E-state index in [1.807, 2.05) is 12.1 Å². The number of ether oxygens (including phenoxy) is 2. The molecule has 1 heterocycles. The van der Waals surface area contributed by atoms with E-state index in [0.29, 0.717) is 48.3 Å². The summed E-state index contributed by atoms with van der Waals surface area (Å²) in [6.45, 7) is 2.29. The Hall–Kier alpha value is -4.08. The van der Waals surface area contributed by atoms with Crippen molar-refractivity contribution in [2.45, 2.75) is 45.3 Å². The molecule has 0 saturated carbocycles. The Morgan fingerprint density at radius 3 is 2.26 bits per heavy atom. The Bertz CT molecular complexity index is 1330. The molecule has 1 aliphatic rings. The van der Waals surface area contributed by atoms with Crippen LogP contribution in [0.3, 0.4) is 0 Å². The van der Waals surface area contributed by atoms with Crippen LogP contribution in [0.15, 0.2) is 64.3 Å². The van der Waals surface area contributed by atoms with Gasteiger partial charge in [0.1, 0.15) is 5.69 Å². The van der Waals surface area contributed by atoms with Gasteiger partial charge in [0.05, 0.1) is 31.4 Å². The Kier molecular flexibility index (Phi) is 8.19. The SMILES string of the molecule is CCOC(=O)C1=C(NCc2noc(C(=O)OC)c2Cc2ccc(-c3ccc(C(F)(F)F)cc3)cc2)CCC1. The molecule has 1 N–H and O–H groups in total. The van der Waals surface area contributed by atoms with Crippen molar-refractivity contribution in [1.29, 1.82) is 0 Å². The van der Waals surface area contributed by atoms with Crippen molar-refractivity contribution in [3.8, 4) is 11.1 Å². The summed E-state index contributed by atoms with van der Waals surface area (Å²) in [5.41, 5.74) is 3.98. The average Bonchev–Trinajstić information content (AvgIpc) is 3.54. The summed E-state index contributed by atoms with van der Waals surface area (Å²) in [6.07, 6.45) is -1.91. The van der Waals surface area contributed by atoms with Gasteiger partial charge in [0.2, 0.25) is 5.76 Å². The van der Waals surface area contributed by atoms with Crippen LogP contribution in [0.2, 0.25) is 0 Å². The summed E-state index contributed by atoms with van der Waals surface area (Å²) >= 11 is 0. The molecule has 200 valence electrons. The molecule has 2 aromatic carbocycles. The van der Waals surface area contributed by atoms with Crippen LogP contribution in [-0.2, 0) is 33.4 Å². The van der Waals surface area contributed by atoms with E-state index in [1.165, 1.54) is 19.2 Å². The van der Waals surface area contributed by atoms with Crippen molar-refractivity contribution in [1.82, 2.24) is 10.5 Å². The number of carbonyl (C=O) groups is 2. The molecule has 0 bridgehead atoms. The first-order valence-corrected chi connectivity index (χ1v) is 12.2. The highest BCUT2D eigenvalue weighted by Crippen LogP contribution is 2.31. The number of aromatic nitrogens is 1. The second-order valence-corrected chi connectivity index (χ2v) is 8.76. The Morgan fingerprint density at radius 1 is 1.00 bits per heavy atom. The van der Waals surface area contributed by atoms with Crippen LogP contribution >= 0.6 is 0 Å². The largest absolute Gasteiger partial charge is 0.463 e. The minimum atomic E-state index is -4.39. The molecule has 0 saturated heterocycles. The van der Waals surface area contributed by atoms with E-state index in [2.05, 4.69) is 10.5 Å². The number of hydrogen-bond donors (Lipinski definition) is 1. The molecule has 0 aliphatic heterocycles. The lowest BCUT2D eigenvalue weighted by Gasteiger charge is -2.11.